The summed E-state index contributed by atoms with van der Waals surface area (Å²) >= 11 is 0. The molecule has 0 amide bonds. The molecule has 0 aliphatic carbocycles. The van der Waals surface area contributed by atoms with Gasteiger partial charge in [-0.2, -0.15) is 5.26 Å². The maximum atomic E-state index is 9.05. The van der Waals surface area contributed by atoms with Gasteiger partial charge >= 0.3 is 0 Å². The molecule has 2 nitrogen and oxygen atoms in total. The van der Waals surface area contributed by atoms with Crippen molar-refractivity contribution in [1.82, 2.24) is 0 Å². The summed E-state index contributed by atoms with van der Waals surface area (Å²) in [6.07, 6.45) is 0.889. The van der Waals surface area contributed by atoms with Crippen LogP contribution in [-0.2, 0) is 6.42 Å². The predicted molar refractivity (Wildman–Crippen MR) is 69.4 cm³/mol. The van der Waals surface area contributed by atoms with Gasteiger partial charge in [0.2, 0.25) is 0 Å². The lowest BCUT2D eigenvalue weighted by Crippen LogP contribution is -2.02. The maximum Gasteiger partial charge on any atom is 0.0998 e. The van der Waals surface area contributed by atoms with Gasteiger partial charge in [-0.1, -0.05) is 42.5 Å². The number of hydrogen-bond acceptors (Lipinski definition) is 2. The lowest BCUT2D eigenvalue weighted by molar-refractivity contribution is 0.969. The third-order valence-corrected chi connectivity index (χ3v) is 2.75. The minimum atomic E-state index is 0.661. The van der Waals surface area contributed by atoms with E-state index in [0.717, 1.165) is 17.5 Å². The van der Waals surface area contributed by atoms with Crippen LogP contribution in [0.3, 0.4) is 0 Å². The molecule has 2 rings (SSSR count). The second-order valence-corrected chi connectivity index (χ2v) is 3.89. The molecule has 0 spiro atoms. The summed E-state index contributed by atoms with van der Waals surface area (Å²) in [7, 11) is 0. The molecule has 2 heteroatoms. The first kappa shape index (κ1) is 11.4. The number of rotatable bonds is 3. The van der Waals surface area contributed by atoms with E-state index in [9.17, 15) is 0 Å². The van der Waals surface area contributed by atoms with Crippen LogP contribution in [0.25, 0.3) is 11.1 Å². The van der Waals surface area contributed by atoms with Gasteiger partial charge in [0, 0.05) is 0 Å². The first-order valence-corrected chi connectivity index (χ1v) is 5.63. The number of nitriles is 1. The van der Waals surface area contributed by atoms with Crippen LogP contribution in [0.5, 0.6) is 0 Å². The van der Waals surface area contributed by atoms with Crippen molar-refractivity contribution in [2.75, 3.05) is 6.54 Å². The molecule has 0 aliphatic rings. The fourth-order valence-electron chi connectivity index (χ4n) is 1.85. The van der Waals surface area contributed by atoms with E-state index in [0.29, 0.717) is 12.1 Å². The SMILES string of the molecule is N#Cc1ccccc1-c1ccc(CCN)cc1. The highest BCUT2D eigenvalue weighted by Gasteiger charge is 2.03. The summed E-state index contributed by atoms with van der Waals surface area (Å²) in [4.78, 5) is 0. The van der Waals surface area contributed by atoms with Crippen LogP contribution in [0.2, 0.25) is 0 Å². The number of nitrogens with two attached hydrogens (primary N) is 1. The topological polar surface area (TPSA) is 49.8 Å². The van der Waals surface area contributed by atoms with Gasteiger partial charge < -0.3 is 5.73 Å². The minimum Gasteiger partial charge on any atom is -0.330 e. The highest BCUT2D eigenvalue weighted by Crippen LogP contribution is 2.23. The van der Waals surface area contributed by atoms with E-state index in [1.807, 2.05) is 36.4 Å². The zero-order valence-corrected chi connectivity index (χ0v) is 9.56. The Morgan fingerprint density at radius 2 is 1.71 bits per heavy atom. The molecule has 17 heavy (non-hydrogen) atoms. The van der Waals surface area contributed by atoms with E-state index in [1.165, 1.54) is 5.56 Å². The summed E-state index contributed by atoms with van der Waals surface area (Å²) in [6, 6.07) is 18.1. The van der Waals surface area contributed by atoms with Crippen molar-refractivity contribution < 1.29 is 0 Å². The third-order valence-electron chi connectivity index (χ3n) is 2.75. The average Bonchev–Trinajstić information content (AvgIpc) is 2.40. The average molecular weight is 222 g/mol. The van der Waals surface area contributed by atoms with Crippen molar-refractivity contribution in [3.05, 3.63) is 59.7 Å². The molecule has 0 radical (unpaired) electrons. The molecule has 2 N–H and O–H groups in total. The Morgan fingerprint density at radius 3 is 2.35 bits per heavy atom. The zero-order valence-electron chi connectivity index (χ0n) is 9.56. The van der Waals surface area contributed by atoms with Crippen LogP contribution < -0.4 is 5.73 Å². The summed E-state index contributed by atoms with van der Waals surface area (Å²) in [6.45, 7) is 0.661. The molecule has 2 aromatic rings. The third kappa shape index (κ3) is 2.52. The molecule has 0 aliphatic heterocycles. The zero-order chi connectivity index (χ0) is 12.1. The fourth-order valence-corrected chi connectivity index (χ4v) is 1.85. The lowest BCUT2D eigenvalue weighted by Gasteiger charge is -2.05. The van der Waals surface area contributed by atoms with Gasteiger partial charge in [0.1, 0.15) is 0 Å². The summed E-state index contributed by atoms with van der Waals surface area (Å²) < 4.78 is 0. The monoisotopic (exact) mass is 222 g/mol. The van der Waals surface area contributed by atoms with Crippen molar-refractivity contribution in [2.45, 2.75) is 6.42 Å². The van der Waals surface area contributed by atoms with Crippen LogP contribution in [0, 0.1) is 11.3 Å². The second kappa shape index (κ2) is 5.29. The van der Waals surface area contributed by atoms with E-state index in [4.69, 9.17) is 11.0 Å². The van der Waals surface area contributed by atoms with Gasteiger partial charge in [0.25, 0.3) is 0 Å². The van der Waals surface area contributed by atoms with Gasteiger partial charge in [-0.05, 0) is 35.7 Å². The molecule has 0 fully saturated rings. The molecule has 0 aromatic heterocycles. The molecule has 2 aromatic carbocycles. The summed E-state index contributed by atoms with van der Waals surface area (Å²) in [5.74, 6) is 0. The number of nitrogens with zero attached hydrogens (tertiary/aromatic N) is 1. The molecule has 0 unspecified atom stereocenters. The van der Waals surface area contributed by atoms with Crippen molar-refractivity contribution in [3.63, 3.8) is 0 Å². The Bertz CT molecular complexity index is 536. The van der Waals surface area contributed by atoms with E-state index < -0.39 is 0 Å². The van der Waals surface area contributed by atoms with Crippen LogP contribution in [0.1, 0.15) is 11.1 Å². The van der Waals surface area contributed by atoms with E-state index in [2.05, 4.69) is 18.2 Å². The molecule has 84 valence electrons. The number of benzene rings is 2. The van der Waals surface area contributed by atoms with Gasteiger partial charge in [0.15, 0.2) is 0 Å². The highest BCUT2D eigenvalue weighted by atomic mass is 14.5. The van der Waals surface area contributed by atoms with E-state index >= 15 is 0 Å². The van der Waals surface area contributed by atoms with Crippen molar-refractivity contribution >= 4 is 0 Å². The smallest absolute Gasteiger partial charge is 0.0998 e. The molecule has 0 bridgehead atoms. The van der Waals surface area contributed by atoms with Crippen molar-refractivity contribution in [3.8, 4) is 17.2 Å². The first-order chi connectivity index (χ1) is 8.35. The molecular weight excluding hydrogens is 208 g/mol. The number of hydrogen-bond donors (Lipinski definition) is 1. The largest absolute Gasteiger partial charge is 0.330 e. The molecular formula is C15H14N2. The summed E-state index contributed by atoms with van der Waals surface area (Å²) in [5.41, 5.74) is 9.50. The van der Waals surface area contributed by atoms with Crippen LogP contribution >= 0.6 is 0 Å². The fraction of sp³-hybridized carbons (Fsp3) is 0.133. The normalized spacial score (nSPS) is 9.88. The van der Waals surface area contributed by atoms with Crippen LogP contribution in [-0.4, -0.2) is 6.54 Å². The lowest BCUT2D eigenvalue weighted by atomic mass is 9.99. The molecule has 0 heterocycles. The Kier molecular flexibility index (Phi) is 3.54. The van der Waals surface area contributed by atoms with Crippen LogP contribution in [0.15, 0.2) is 48.5 Å². The van der Waals surface area contributed by atoms with Crippen LogP contribution in [0.4, 0.5) is 0 Å². The van der Waals surface area contributed by atoms with Gasteiger partial charge in [-0.3, -0.25) is 0 Å². The van der Waals surface area contributed by atoms with Gasteiger partial charge in [-0.15, -0.1) is 0 Å². The van der Waals surface area contributed by atoms with E-state index in [1.54, 1.807) is 0 Å². The van der Waals surface area contributed by atoms with E-state index in [-0.39, 0.29) is 0 Å². The van der Waals surface area contributed by atoms with Crippen molar-refractivity contribution in [2.24, 2.45) is 5.73 Å². The maximum absolute atomic E-state index is 9.05. The quantitative estimate of drug-likeness (QED) is 0.868. The second-order valence-electron chi connectivity index (χ2n) is 3.89. The summed E-state index contributed by atoms with van der Waals surface area (Å²) in [5, 5.41) is 9.05. The molecule has 0 saturated carbocycles. The molecule has 0 saturated heterocycles. The minimum absolute atomic E-state index is 0.661. The van der Waals surface area contributed by atoms with Gasteiger partial charge in [-0.25, -0.2) is 0 Å². The standard InChI is InChI=1S/C15H14N2/c16-10-9-12-5-7-13(8-6-12)15-4-2-1-3-14(15)11-17/h1-8H,9-10,16H2. The Morgan fingerprint density at radius 1 is 1.00 bits per heavy atom. The Hall–Kier alpha value is -2.11. The first-order valence-electron chi connectivity index (χ1n) is 5.63. The van der Waals surface area contributed by atoms with Gasteiger partial charge in [0.05, 0.1) is 11.6 Å². The Labute approximate surface area is 101 Å². The predicted octanol–water partition coefficient (Wildman–Crippen LogP) is 2.73. The highest BCUT2D eigenvalue weighted by molar-refractivity contribution is 5.70. The molecule has 0 atom stereocenters. The Balaban J connectivity index is 2.37. The van der Waals surface area contributed by atoms with Crippen molar-refractivity contribution in [1.29, 1.82) is 5.26 Å².